The fraction of sp³-hybridized carbons (Fsp3) is 0.458. The first-order valence-corrected chi connectivity index (χ1v) is 11.5. The molecule has 196 valence electrons. The summed E-state index contributed by atoms with van der Waals surface area (Å²) in [6.07, 6.45) is 2.17. The molecule has 12 nitrogen and oxygen atoms in total. The number of benzene rings is 1. The molecule has 5 amide bonds. The minimum absolute atomic E-state index is 0.0283. The van der Waals surface area contributed by atoms with Gasteiger partial charge < -0.3 is 25.8 Å². The van der Waals surface area contributed by atoms with Crippen LogP contribution in [-0.2, 0) is 40.2 Å². The first-order chi connectivity index (χ1) is 17.1. The van der Waals surface area contributed by atoms with Gasteiger partial charge >= 0.3 is 0 Å². The van der Waals surface area contributed by atoms with E-state index in [1.165, 1.54) is 6.92 Å². The van der Waals surface area contributed by atoms with E-state index in [-0.39, 0.29) is 38.8 Å². The molecule has 2 atom stereocenters. The Kier molecular flexibility index (Phi) is 11.2. The number of aliphatic hydroxyl groups is 1. The van der Waals surface area contributed by atoms with E-state index in [0.717, 1.165) is 12.2 Å². The van der Waals surface area contributed by atoms with Crippen molar-refractivity contribution in [2.24, 2.45) is 5.92 Å². The number of ether oxygens (including phenoxy) is 1. The lowest BCUT2D eigenvalue weighted by molar-refractivity contribution is -0.188. The van der Waals surface area contributed by atoms with E-state index in [2.05, 4.69) is 16.0 Å². The van der Waals surface area contributed by atoms with Gasteiger partial charge in [0.2, 0.25) is 17.7 Å². The molecule has 1 heterocycles. The Balaban J connectivity index is 1.71. The summed E-state index contributed by atoms with van der Waals surface area (Å²) >= 11 is 0. The van der Waals surface area contributed by atoms with Crippen molar-refractivity contribution in [3.63, 3.8) is 0 Å². The van der Waals surface area contributed by atoms with Crippen LogP contribution in [0.5, 0.6) is 0 Å². The first-order valence-electron chi connectivity index (χ1n) is 11.5. The number of rotatable bonds is 14. The van der Waals surface area contributed by atoms with Gasteiger partial charge in [0, 0.05) is 24.3 Å². The van der Waals surface area contributed by atoms with Crippen LogP contribution in [-0.4, -0.2) is 71.6 Å². The molecular weight excluding hydrogens is 472 g/mol. The van der Waals surface area contributed by atoms with Gasteiger partial charge in [0.1, 0.15) is 12.1 Å². The maximum atomic E-state index is 12.7. The average molecular weight is 505 g/mol. The molecule has 1 aromatic rings. The molecule has 0 saturated carbocycles. The largest absolute Gasteiger partial charge is 0.392 e. The molecule has 4 N–H and O–H groups in total. The molecule has 0 radical (unpaired) electrons. The molecule has 1 aliphatic rings. The zero-order valence-corrected chi connectivity index (χ0v) is 20.5. The normalized spacial score (nSPS) is 14.6. The van der Waals surface area contributed by atoms with Crippen molar-refractivity contribution in [2.45, 2.75) is 45.9 Å². The van der Waals surface area contributed by atoms with Crippen LogP contribution in [0.3, 0.4) is 0 Å². The van der Waals surface area contributed by atoms with Gasteiger partial charge in [-0.3, -0.25) is 28.8 Å². The predicted molar refractivity (Wildman–Crippen MR) is 128 cm³/mol. The summed E-state index contributed by atoms with van der Waals surface area (Å²) in [6.45, 7) is 4.99. The number of hydrogen-bond donors (Lipinski definition) is 4. The Bertz CT molecular complexity index is 959. The van der Waals surface area contributed by atoms with Crippen molar-refractivity contribution >= 4 is 35.2 Å². The fourth-order valence-corrected chi connectivity index (χ4v) is 3.06. The number of hydrogen-bond acceptors (Lipinski definition) is 8. The number of aliphatic hydroxyl groups excluding tert-OH is 1. The minimum atomic E-state index is -0.861. The van der Waals surface area contributed by atoms with Crippen LogP contribution in [0.2, 0.25) is 0 Å². The number of carbonyl (C=O) groups is 5. The molecular formula is C24H32N4O8. The quantitative estimate of drug-likeness (QED) is 0.204. The molecule has 0 unspecified atom stereocenters. The molecule has 12 heteroatoms. The minimum Gasteiger partial charge on any atom is -0.392 e. The summed E-state index contributed by atoms with van der Waals surface area (Å²) in [5.41, 5.74) is 1.23. The molecule has 0 saturated heterocycles. The van der Waals surface area contributed by atoms with E-state index >= 15 is 0 Å². The van der Waals surface area contributed by atoms with Crippen LogP contribution < -0.4 is 16.0 Å². The lowest BCUT2D eigenvalue weighted by Crippen LogP contribution is -2.53. The topological polar surface area (TPSA) is 163 Å². The Labute approximate surface area is 208 Å². The van der Waals surface area contributed by atoms with Crippen molar-refractivity contribution in [3.8, 4) is 0 Å². The molecule has 0 aromatic heterocycles. The van der Waals surface area contributed by atoms with E-state index in [4.69, 9.17) is 14.7 Å². The summed E-state index contributed by atoms with van der Waals surface area (Å²) in [6, 6.07) is 4.91. The molecule has 36 heavy (non-hydrogen) atoms. The number of hydroxylamine groups is 2. The Morgan fingerprint density at radius 3 is 2.14 bits per heavy atom. The van der Waals surface area contributed by atoms with Crippen LogP contribution in [0.25, 0.3) is 0 Å². The van der Waals surface area contributed by atoms with Crippen LogP contribution >= 0.6 is 0 Å². The van der Waals surface area contributed by atoms with Gasteiger partial charge in [-0.2, -0.15) is 0 Å². The van der Waals surface area contributed by atoms with Gasteiger partial charge in [-0.15, -0.1) is 5.06 Å². The van der Waals surface area contributed by atoms with E-state index in [1.54, 1.807) is 38.1 Å². The molecule has 0 spiro atoms. The van der Waals surface area contributed by atoms with Crippen molar-refractivity contribution in [1.29, 1.82) is 0 Å². The van der Waals surface area contributed by atoms with Gasteiger partial charge in [0.05, 0.1) is 26.4 Å². The highest BCUT2D eigenvalue weighted by Gasteiger charge is 2.27. The van der Waals surface area contributed by atoms with Crippen molar-refractivity contribution in [3.05, 3.63) is 42.0 Å². The molecule has 1 aromatic carbocycles. The summed E-state index contributed by atoms with van der Waals surface area (Å²) in [5.74, 6) is -2.73. The standard InChI is InChI=1S/C24H32N4O8/c1-15(2)22(24(34)25-16(3)23(33)26-18-6-4-17(14-29)5-7-18)27-19(30)10-11-35-12-13-36-28-20(31)8-9-21(28)32/h4-9,15-16,22,29H,10-14H2,1-3H3,(H,25,34)(H,26,33)(H,27,30)/t16-,22-/m0/s1. The summed E-state index contributed by atoms with van der Waals surface area (Å²) in [4.78, 5) is 65.2. The van der Waals surface area contributed by atoms with Gasteiger partial charge in [-0.1, -0.05) is 26.0 Å². The smallest absolute Gasteiger partial charge is 0.277 e. The summed E-state index contributed by atoms with van der Waals surface area (Å²) in [5, 5.41) is 17.6. The van der Waals surface area contributed by atoms with Crippen LogP contribution in [0.1, 0.15) is 32.8 Å². The number of nitrogens with zero attached hydrogens (tertiary/aromatic N) is 1. The van der Waals surface area contributed by atoms with Crippen molar-refractivity contribution in [2.75, 3.05) is 25.1 Å². The van der Waals surface area contributed by atoms with Crippen molar-refractivity contribution in [1.82, 2.24) is 15.7 Å². The number of nitrogens with one attached hydrogen (secondary N) is 3. The first kappa shape index (κ1) is 28.6. The third-order valence-electron chi connectivity index (χ3n) is 5.11. The Morgan fingerprint density at radius 1 is 0.917 bits per heavy atom. The number of imide groups is 1. The molecule has 0 fully saturated rings. The molecule has 0 bridgehead atoms. The molecule has 2 rings (SSSR count). The summed E-state index contributed by atoms with van der Waals surface area (Å²) < 4.78 is 5.28. The van der Waals surface area contributed by atoms with Gasteiger partial charge in [-0.25, -0.2) is 0 Å². The highest BCUT2D eigenvalue weighted by Crippen LogP contribution is 2.10. The monoisotopic (exact) mass is 504 g/mol. The van der Waals surface area contributed by atoms with Gasteiger partial charge in [-0.05, 0) is 30.5 Å². The van der Waals surface area contributed by atoms with Gasteiger partial charge in [0.25, 0.3) is 11.8 Å². The number of carbonyl (C=O) groups excluding carboxylic acids is 5. The van der Waals surface area contributed by atoms with E-state index in [0.29, 0.717) is 16.3 Å². The zero-order valence-electron chi connectivity index (χ0n) is 20.5. The maximum Gasteiger partial charge on any atom is 0.277 e. The maximum absolute atomic E-state index is 12.7. The lowest BCUT2D eigenvalue weighted by Gasteiger charge is -2.24. The highest BCUT2D eigenvalue weighted by molar-refractivity contribution is 6.11. The van der Waals surface area contributed by atoms with Crippen LogP contribution in [0, 0.1) is 5.92 Å². The lowest BCUT2D eigenvalue weighted by atomic mass is 10.0. The molecule has 0 aliphatic carbocycles. The second-order valence-electron chi connectivity index (χ2n) is 8.36. The second kappa shape index (κ2) is 14.1. The highest BCUT2D eigenvalue weighted by atomic mass is 16.7. The van der Waals surface area contributed by atoms with Crippen molar-refractivity contribution < 1.29 is 38.7 Å². The number of anilines is 1. The second-order valence-corrected chi connectivity index (χ2v) is 8.36. The predicted octanol–water partition coefficient (Wildman–Crippen LogP) is 0.0262. The molecule has 1 aliphatic heterocycles. The van der Waals surface area contributed by atoms with E-state index in [1.807, 2.05) is 0 Å². The van der Waals surface area contributed by atoms with E-state index < -0.39 is 41.6 Å². The summed E-state index contributed by atoms with van der Waals surface area (Å²) in [7, 11) is 0. The van der Waals surface area contributed by atoms with Crippen LogP contribution in [0.15, 0.2) is 36.4 Å². The van der Waals surface area contributed by atoms with Gasteiger partial charge in [0.15, 0.2) is 0 Å². The zero-order chi connectivity index (χ0) is 26.7. The number of amides is 5. The third kappa shape index (κ3) is 8.87. The third-order valence-corrected chi connectivity index (χ3v) is 5.11. The SMILES string of the molecule is CC(C)[C@H](NC(=O)CCOCCON1C(=O)C=CC1=O)C(=O)N[C@@H](C)C(=O)Nc1ccc(CO)cc1. The van der Waals surface area contributed by atoms with E-state index in [9.17, 15) is 24.0 Å². The van der Waals surface area contributed by atoms with Crippen LogP contribution in [0.4, 0.5) is 5.69 Å². The fourth-order valence-electron chi connectivity index (χ4n) is 3.06. The Morgan fingerprint density at radius 2 is 1.56 bits per heavy atom. The average Bonchev–Trinajstić information content (AvgIpc) is 3.16. The Hall–Kier alpha value is -3.61.